The van der Waals surface area contributed by atoms with Gasteiger partial charge >= 0.3 is 6.09 Å². The predicted molar refractivity (Wildman–Crippen MR) is 96.6 cm³/mol. The second-order valence-corrected chi connectivity index (χ2v) is 11.1. The van der Waals surface area contributed by atoms with Gasteiger partial charge in [-0.05, 0) is 36.7 Å². The second-order valence-electron chi connectivity index (χ2n) is 6.42. The molecule has 1 aromatic rings. The molecule has 0 radical (unpaired) electrons. The van der Waals surface area contributed by atoms with Gasteiger partial charge in [0, 0.05) is 0 Å². The summed E-state index contributed by atoms with van der Waals surface area (Å²) in [6.07, 6.45) is 1.97. The summed E-state index contributed by atoms with van der Waals surface area (Å²) in [5.41, 5.74) is 0. The fourth-order valence-electron chi connectivity index (χ4n) is 3.16. The Kier molecular flexibility index (Phi) is 6.84. The molecule has 25 heavy (non-hydrogen) atoms. The molecule has 1 aromatic heterocycles. The monoisotopic (exact) mass is 367 g/mol. The molecule has 0 spiro atoms. The number of likely N-dealkylation sites (tertiary alicyclic amines) is 1. The molecule has 6 nitrogen and oxygen atoms in total. The Morgan fingerprint density at radius 3 is 2.44 bits per heavy atom. The molecular weight excluding hydrogens is 338 g/mol. The van der Waals surface area contributed by atoms with E-state index in [4.69, 9.17) is 13.6 Å². The topological polar surface area (TPSA) is 69.0 Å². The van der Waals surface area contributed by atoms with Crippen molar-refractivity contribution in [2.24, 2.45) is 0 Å². The number of hydrogen-bond donors (Lipinski definition) is 0. The van der Waals surface area contributed by atoms with Crippen molar-refractivity contribution in [3.63, 3.8) is 0 Å². The Labute approximate surface area is 150 Å². The predicted octanol–water partition coefficient (Wildman–Crippen LogP) is 4.49. The average Bonchev–Trinajstić information content (AvgIpc) is 3.15. The van der Waals surface area contributed by atoms with Gasteiger partial charge in [-0.3, -0.25) is 4.79 Å². The maximum Gasteiger partial charge on any atom is 0.417 e. The molecule has 2 rings (SSSR count). The summed E-state index contributed by atoms with van der Waals surface area (Å²) >= 11 is 0. The van der Waals surface area contributed by atoms with E-state index in [1.807, 2.05) is 6.92 Å². The second kappa shape index (κ2) is 8.67. The summed E-state index contributed by atoms with van der Waals surface area (Å²) in [4.78, 5) is 26.1. The van der Waals surface area contributed by atoms with Crippen molar-refractivity contribution in [3.8, 4) is 0 Å². The van der Waals surface area contributed by atoms with Crippen molar-refractivity contribution in [1.29, 1.82) is 0 Å². The van der Waals surface area contributed by atoms with Gasteiger partial charge in [-0.2, -0.15) is 0 Å². The summed E-state index contributed by atoms with van der Waals surface area (Å²) in [5, 5.41) is 0. The van der Waals surface area contributed by atoms with Crippen LogP contribution in [0.4, 0.5) is 4.79 Å². The highest BCUT2D eigenvalue weighted by Crippen LogP contribution is 2.41. The van der Waals surface area contributed by atoms with E-state index in [1.165, 1.54) is 0 Å². The first kappa shape index (κ1) is 19.7. The maximum absolute atomic E-state index is 12.6. The third-order valence-electron chi connectivity index (χ3n) is 5.11. The van der Waals surface area contributed by atoms with Crippen LogP contribution in [-0.4, -0.2) is 37.9 Å². The molecule has 0 saturated carbocycles. The number of hydrogen-bond acceptors (Lipinski definition) is 5. The number of furan rings is 1. The zero-order chi connectivity index (χ0) is 18.4. The Bertz CT molecular complexity index is 562. The van der Waals surface area contributed by atoms with Crippen LogP contribution in [0.5, 0.6) is 0 Å². The van der Waals surface area contributed by atoms with Crippen LogP contribution >= 0.6 is 0 Å². The number of ether oxygens (including phenoxy) is 1. The van der Waals surface area contributed by atoms with Crippen molar-refractivity contribution < 1.29 is 23.2 Å². The fourth-order valence-corrected chi connectivity index (χ4v) is 5.93. The van der Waals surface area contributed by atoms with Gasteiger partial charge in [0.1, 0.15) is 11.8 Å². The van der Waals surface area contributed by atoms with Gasteiger partial charge in [-0.15, -0.1) is 0 Å². The van der Waals surface area contributed by atoms with E-state index in [0.717, 1.165) is 35.9 Å². The summed E-state index contributed by atoms with van der Waals surface area (Å²) in [6, 6.07) is 5.81. The van der Waals surface area contributed by atoms with E-state index in [2.05, 4.69) is 20.8 Å². The lowest BCUT2D eigenvalue weighted by Crippen LogP contribution is -2.64. The van der Waals surface area contributed by atoms with Gasteiger partial charge in [0.25, 0.3) is 5.91 Å². The lowest BCUT2D eigenvalue weighted by atomic mass is 9.96. The number of unbranched alkanes of at least 4 members (excludes halogenated alkanes) is 1. The molecular formula is C18H29NO5Si. The van der Waals surface area contributed by atoms with Crippen LogP contribution in [0.2, 0.25) is 18.1 Å². The zero-order valence-electron chi connectivity index (χ0n) is 15.6. The standard InChI is InChI=1S/C18H29NO5Si/c1-5-9-12-23-18(21)19-15(14-11-10-13-22-14)16(17(19)20)24-25(6-2,7-3)8-4/h10-11,13,15-16H,5-9,12H2,1-4H3/t15-,16+/m1/s1. The van der Waals surface area contributed by atoms with Crippen molar-refractivity contribution in [2.75, 3.05) is 6.61 Å². The number of carbonyl (C=O) groups is 2. The first-order valence-electron chi connectivity index (χ1n) is 9.24. The highest BCUT2D eigenvalue weighted by Gasteiger charge is 2.56. The van der Waals surface area contributed by atoms with Crippen LogP contribution in [0.3, 0.4) is 0 Å². The number of nitrogens with zero attached hydrogens (tertiary/aromatic N) is 1. The molecule has 0 bridgehead atoms. The molecule has 1 fully saturated rings. The summed E-state index contributed by atoms with van der Waals surface area (Å²) in [6.45, 7) is 8.67. The fraction of sp³-hybridized carbons (Fsp3) is 0.667. The number of imide groups is 1. The van der Waals surface area contributed by atoms with E-state index in [1.54, 1.807) is 18.4 Å². The smallest absolute Gasteiger partial charge is 0.417 e. The van der Waals surface area contributed by atoms with Gasteiger partial charge in [0.2, 0.25) is 0 Å². The highest BCUT2D eigenvalue weighted by molar-refractivity contribution is 6.73. The average molecular weight is 368 g/mol. The minimum absolute atomic E-state index is 0.313. The lowest BCUT2D eigenvalue weighted by molar-refractivity contribution is -0.162. The lowest BCUT2D eigenvalue weighted by Gasteiger charge is -2.46. The Hall–Kier alpha value is -1.60. The summed E-state index contributed by atoms with van der Waals surface area (Å²) in [5.74, 6) is 0.235. The zero-order valence-corrected chi connectivity index (χ0v) is 16.6. The van der Waals surface area contributed by atoms with Crippen LogP contribution in [0.1, 0.15) is 52.3 Å². The molecule has 0 N–H and O–H groups in total. The molecule has 140 valence electrons. The van der Waals surface area contributed by atoms with E-state index >= 15 is 0 Å². The largest absolute Gasteiger partial charge is 0.467 e. The van der Waals surface area contributed by atoms with E-state index in [9.17, 15) is 9.59 Å². The Morgan fingerprint density at radius 1 is 1.24 bits per heavy atom. The van der Waals surface area contributed by atoms with Crippen LogP contribution in [-0.2, 0) is 14.0 Å². The van der Waals surface area contributed by atoms with Gasteiger partial charge in [-0.1, -0.05) is 34.1 Å². The Balaban J connectivity index is 2.18. The van der Waals surface area contributed by atoms with Gasteiger partial charge in [0.05, 0.1) is 12.9 Å². The molecule has 7 heteroatoms. The minimum atomic E-state index is -1.98. The van der Waals surface area contributed by atoms with Crippen LogP contribution in [0.15, 0.2) is 22.8 Å². The number of rotatable bonds is 9. The van der Waals surface area contributed by atoms with E-state index < -0.39 is 26.6 Å². The third-order valence-corrected chi connectivity index (χ3v) is 9.73. The molecule has 0 aromatic carbocycles. The molecule has 1 saturated heterocycles. The van der Waals surface area contributed by atoms with Crippen LogP contribution in [0, 0.1) is 0 Å². The molecule has 1 aliphatic heterocycles. The van der Waals surface area contributed by atoms with Crippen LogP contribution < -0.4 is 0 Å². The summed E-state index contributed by atoms with van der Waals surface area (Å²) in [7, 11) is -1.98. The Morgan fingerprint density at radius 2 is 1.92 bits per heavy atom. The van der Waals surface area contributed by atoms with E-state index in [0.29, 0.717) is 12.4 Å². The van der Waals surface area contributed by atoms with Gasteiger partial charge in [-0.25, -0.2) is 9.69 Å². The van der Waals surface area contributed by atoms with E-state index in [-0.39, 0.29) is 5.91 Å². The maximum atomic E-state index is 12.6. The third kappa shape index (κ3) is 3.98. The first-order chi connectivity index (χ1) is 12.0. The normalized spacial score (nSPS) is 20.5. The molecule has 1 aliphatic rings. The minimum Gasteiger partial charge on any atom is -0.467 e. The molecule has 2 atom stereocenters. The quantitative estimate of drug-likeness (QED) is 0.365. The number of amides is 2. The number of carbonyl (C=O) groups excluding carboxylic acids is 2. The number of β-lactam (4-membered cyclic amide) rings is 1. The van der Waals surface area contributed by atoms with Gasteiger partial charge < -0.3 is 13.6 Å². The van der Waals surface area contributed by atoms with Crippen molar-refractivity contribution in [3.05, 3.63) is 24.2 Å². The molecule has 2 heterocycles. The molecule has 0 aliphatic carbocycles. The SMILES string of the molecule is CCCCOC(=O)N1C(=O)[C@@H](O[Si](CC)(CC)CC)[C@H]1c1ccco1. The van der Waals surface area contributed by atoms with Gasteiger partial charge in [0.15, 0.2) is 14.4 Å². The van der Waals surface area contributed by atoms with Crippen molar-refractivity contribution in [2.45, 2.75) is 70.8 Å². The highest BCUT2D eigenvalue weighted by atomic mass is 28.4. The first-order valence-corrected chi connectivity index (χ1v) is 11.8. The molecule has 0 unspecified atom stereocenters. The van der Waals surface area contributed by atoms with Crippen LogP contribution in [0.25, 0.3) is 0 Å². The summed E-state index contributed by atoms with van der Waals surface area (Å²) < 4.78 is 17.1. The molecule has 2 amide bonds. The van der Waals surface area contributed by atoms with Crippen molar-refractivity contribution >= 4 is 20.3 Å². The van der Waals surface area contributed by atoms with Crippen molar-refractivity contribution in [1.82, 2.24) is 4.90 Å².